The Hall–Kier alpha value is -1.62. The average molecular weight is 279 g/mol. The number of hydrogen-bond acceptors (Lipinski definition) is 3. The Morgan fingerprint density at radius 3 is 2.55 bits per heavy atom. The molecule has 1 heterocycles. The Bertz CT molecular complexity index is 522. The van der Waals surface area contributed by atoms with E-state index in [9.17, 15) is 14.3 Å². The summed E-state index contributed by atoms with van der Waals surface area (Å²) >= 11 is 0. The predicted molar refractivity (Wildman–Crippen MR) is 72.6 cm³/mol. The van der Waals surface area contributed by atoms with Gasteiger partial charge in [0.05, 0.1) is 18.6 Å². The molecule has 1 saturated heterocycles. The first-order chi connectivity index (χ1) is 9.63. The van der Waals surface area contributed by atoms with Gasteiger partial charge in [-0.3, -0.25) is 4.79 Å². The number of ether oxygens (including phenoxy) is 1. The Balaban J connectivity index is 2.04. The molecule has 0 spiro atoms. The lowest BCUT2D eigenvalue weighted by Gasteiger charge is -2.41. The van der Waals surface area contributed by atoms with Gasteiger partial charge in [0.1, 0.15) is 5.82 Å². The fraction of sp³-hybridized carbons (Fsp3) is 0.533. The van der Waals surface area contributed by atoms with Crippen LogP contribution in [0.2, 0.25) is 0 Å². The van der Waals surface area contributed by atoms with E-state index in [4.69, 9.17) is 4.74 Å². The first-order valence-corrected chi connectivity index (χ1v) is 7.00. The maximum absolute atomic E-state index is 13.6. The van der Waals surface area contributed by atoms with Crippen molar-refractivity contribution in [3.05, 3.63) is 29.6 Å². The van der Waals surface area contributed by atoms with Crippen molar-refractivity contribution in [3.8, 4) is 0 Å². The molecular formula is C15H18FNO3. The zero-order valence-electron chi connectivity index (χ0n) is 11.3. The number of halogens is 1. The van der Waals surface area contributed by atoms with Crippen molar-refractivity contribution >= 4 is 11.7 Å². The second kappa shape index (κ2) is 5.05. The standard InChI is InChI=1S/C15H18FNO3/c16-11-2-3-13(17-6-8-20-9-7-17)12(10-11)15(14(18)19)4-1-5-15/h2-3,10H,1,4-9H2,(H,18,19). The van der Waals surface area contributed by atoms with Crippen LogP contribution in [-0.4, -0.2) is 37.4 Å². The van der Waals surface area contributed by atoms with Crippen LogP contribution in [0.15, 0.2) is 18.2 Å². The second-order valence-corrected chi connectivity index (χ2v) is 5.50. The number of rotatable bonds is 3. The number of nitrogens with zero attached hydrogens (tertiary/aromatic N) is 1. The first kappa shape index (κ1) is 13.4. The summed E-state index contributed by atoms with van der Waals surface area (Å²) in [6.07, 6.45) is 2.05. The molecule has 1 N–H and O–H groups in total. The third-order valence-corrected chi connectivity index (χ3v) is 4.44. The molecule has 0 radical (unpaired) electrons. The first-order valence-electron chi connectivity index (χ1n) is 7.00. The van der Waals surface area contributed by atoms with Gasteiger partial charge in [-0.05, 0) is 36.6 Å². The summed E-state index contributed by atoms with van der Waals surface area (Å²) in [5, 5.41) is 9.59. The van der Waals surface area contributed by atoms with E-state index >= 15 is 0 Å². The molecule has 1 aromatic rings. The maximum atomic E-state index is 13.6. The number of hydrogen-bond donors (Lipinski definition) is 1. The number of morpholine rings is 1. The Morgan fingerprint density at radius 2 is 2.00 bits per heavy atom. The SMILES string of the molecule is O=C(O)C1(c2cc(F)ccc2N2CCOCC2)CCC1. The minimum atomic E-state index is -0.907. The molecule has 0 bridgehead atoms. The highest BCUT2D eigenvalue weighted by molar-refractivity contribution is 5.85. The number of aliphatic carboxylic acids is 1. The Morgan fingerprint density at radius 1 is 1.30 bits per heavy atom. The van der Waals surface area contributed by atoms with Gasteiger partial charge in [-0.1, -0.05) is 6.42 Å². The third kappa shape index (κ3) is 2.06. The van der Waals surface area contributed by atoms with Crippen molar-refractivity contribution in [3.63, 3.8) is 0 Å². The topological polar surface area (TPSA) is 49.8 Å². The lowest BCUT2D eigenvalue weighted by atomic mass is 9.64. The third-order valence-electron chi connectivity index (χ3n) is 4.44. The van der Waals surface area contributed by atoms with Crippen molar-refractivity contribution in [2.45, 2.75) is 24.7 Å². The molecule has 0 atom stereocenters. The summed E-state index contributed by atoms with van der Waals surface area (Å²) in [5.41, 5.74) is 0.561. The number of carboxylic acids is 1. The fourth-order valence-corrected chi connectivity index (χ4v) is 3.10. The van der Waals surface area contributed by atoms with Crippen molar-refractivity contribution < 1.29 is 19.0 Å². The molecule has 2 fully saturated rings. The van der Waals surface area contributed by atoms with Crippen molar-refractivity contribution in [1.82, 2.24) is 0 Å². The van der Waals surface area contributed by atoms with Gasteiger partial charge in [0.2, 0.25) is 0 Å². The van der Waals surface area contributed by atoms with Gasteiger partial charge in [-0.2, -0.15) is 0 Å². The molecule has 1 aliphatic heterocycles. The van der Waals surface area contributed by atoms with Crippen LogP contribution in [-0.2, 0) is 14.9 Å². The van der Waals surface area contributed by atoms with Crippen LogP contribution in [0.5, 0.6) is 0 Å². The molecule has 108 valence electrons. The highest BCUT2D eigenvalue weighted by Crippen LogP contribution is 2.47. The van der Waals surface area contributed by atoms with E-state index in [0.717, 1.165) is 12.1 Å². The van der Waals surface area contributed by atoms with Crippen molar-refractivity contribution in [2.24, 2.45) is 0 Å². The van der Waals surface area contributed by atoms with Gasteiger partial charge in [0.15, 0.2) is 0 Å². The molecule has 1 aromatic carbocycles. The van der Waals surface area contributed by atoms with Crippen LogP contribution in [0.1, 0.15) is 24.8 Å². The second-order valence-electron chi connectivity index (χ2n) is 5.50. The summed E-state index contributed by atoms with van der Waals surface area (Å²) in [6.45, 7) is 2.68. The number of benzene rings is 1. The largest absolute Gasteiger partial charge is 0.481 e. The number of carbonyl (C=O) groups is 1. The van der Waals surface area contributed by atoms with E-state index in [1.165, 1.54) is 12.1 Å². The molecule has 0 amide bonds. The minimum absolute atomic E-state index is 0.371. The zero-order chi connectivity index (χ0) is 14.2. The average Bonchev–Trinajstić information content (AvgIpc) is 2.38. The lowest BCUT2D eigenvalue weighted by Crippen LogP contribution is -2.45. The van der Waals surface area contributed by atoms with Gasteiger partial charge in [0.25, 0.3) is 0 Å². The monoisotopic (exact) mass is 279 g/mol. The molecule has 1 aliphatic carbocycles. The fourth-order valence-electron chi connectivity index (χ4n) is 3.10. The zero-order valence-corrected chi connectivity index (χ0v) is 11.3. The Kier molecular flexibility index (Phi) is 3.38. The van der Waals surface area contributed by atoms with E-state index in [2.05, 4.69) is 4.90 Å². The molecule has 20 heavy (non-hydrogen) atoms. The quantitative estimate of drug-likeness (QED) is 0.921. The Labute approximate surface area is 117 Å². The molecule has 4 nitrogen and oxygen atoms in total. The molecule has 0 aromatic heterocycles. The lowest BCUT2D eigenvalue weighted by molar-refractivity contribution is -0.147. The van der Waals surface area contributed by atoms with E-state index in [1.54, 1.807) is 6.07 Å². The summed E-state index contributed by atoms with van der Waals surface area (Å²) in [4.78, 5) is 13.8. The van der Waals surface area contributed by atoms with Crippen LogP contribution in [0.3, 0.4) is 0 Å². The van der Waals surface area contributed by atoms with E-state index in [0.29, 0.717) is 44.7 Å². The van der Waals surface area contributed by atoms with Gasteiger partial charge >= 0.3 is 5.97 Å². The summed E-state index contributed by atoms with van der Waals surface area (Å²) in [7, 11) is 0. The number of carboxylic acid groups (broad SMARTS) is 1. The molecule has 3 rings (SSSR count). The van der Waals surface area contributed by atoms with Crippen LogP contribution in [0.25, 0.3) is 0 Å². The molecule has 5 heteroatoms. The normalized spacial score (nSPS) is 21.4. The predicted octanol–water partition coefficient (Wildman–Crippen LogP) is 2.17. The van der Waals surface area contributed by atoms with Crippen LogP contribution in [0, 0.1) is 5.82 Å². The van der Waals surface area contributed by atoms with Crippen LogP contribution < -0.4 is 4.90 Å². The molecule has 0 unspecified atom stereocenters. The molecular weight excluding hydrogens is 261 g/mol. The molecule has 1 saturated carbocycles. The molecule has 2 aliphatic rings. The van der Waals surface area contributed by atoms with Crippen LogP contribution >= 0.6 is 0 Å². The number of anilines is 1. The van der Waals surface area contributed by atoms with E-state index in [-0.39, 0.29) is 5.82 Å². The van der Waals surface area contributed by atoms with Gasteiger partial charge < -0.3 is 14.7 Å². The van der Waals surface area contributed by atoms with E-state index < -0.39 is 11.4 Å². The van der Waals surface area contributed by atoms with Crippen molar-refractivity contribution in [2.75, 3.05) is 31.2 Å². The summed E-state index contributed by atoms with van der Waals surface area (Å²) < 4.78 is 19.0. The smallest absolute Gasteiger partial charge is 0.314 e. The van der Waals surface area contributed by atoms with Crippen LogP contribution in [0.4, 0.5) is 10.1 Å². The van der Waals surface area contributed by atoms with Crippen molar-refractivity contribution in [1.29, 1.82) is 0 Å². The highest BCUT2D eigenvalue weighted by Gasteiger charge is 2.48. The van der Waals surface area contributed by atoms with Gasteiger partial charge in [0, 0.05) is 18.8 Å². The summed E-state index contributed by atoms with van der Waals surface area (Å²) in [5.74, 6) is -1.21. The summed E-state index contributed by atoms with van der Waals surface area (Å²) in [6, 6.07) is 4.51. The highest BCUT2D eigenvalue weighted by atomic mass is 19.1. The van der Waals surface area contributed by atoms with Gasteiger partial charge in [-0.15, -0.1) is 0 Å². The maximum Gasteiger partial charge on any atom is 0.314 e. The van der Waals surface area contributed by atoms with Gasteiger partial charge in [-0.25, -0.2) is 4.39 Å². The van der Waals surface area contributed by atoms with E-state index in [1.807, 2.05) is 0 Å². The minimum Gasteiger partial charge on any atom is -0.481 e.